The zero-order valence-corrected chi connectivity index (χ0v) is 13.9. The van der Waals surface area contributed by atoms with Crippen molar-refractivity contribution in [1.29, 1.82) is 0 Å². The van der Waals surface area contributed by atoms with Crippen LogP contribution in [-0.2, 0) is 9.59 Å². The van der Waals surface area contributed by atoms with Gasteiger partial charge in [0.25, 0.3) is 0 Å². The van der Waals surface area contributed by atoms with Crippen LogP contribution in [0.2, 0.25) is 0 Å². The van der Waals surface area contributed by atoms with E-state index >= 15 is 0 Å². The fraction of sp³-hybridized carbons (Fsp3) is 0.158. The lowest BCUT2D eigenvalue weighted by Gasteiger charge is -2.09. The molecule has 2 aromatic carbocycles. The Morgan fingerprint density at radius 2 is 1.83 bits per heavy atom. The van der Waals surface area contributed by atoms with E-state index in [1.165, 1.54) is 13.0 Å². The van der Waals surface area contributed by atoms with Gasteiger partial charge in [-0.1, -0.05) is 24.3 Å². The van der Waals surface area contributed by atoms with Crippen LogP contribution in [0.25, 0.3) is 6.08 Å². The first-order chi connectivity index (χ1) is 11.5. The lowest BCUT2D eigenvalue weighted by Crippen LogP contribution is -2.10. The number of amides is 2. The van der Waals surface area contributed by atoms with Crippen LogP contribution in [-0.4, -0.2) is 18.9 Å². The van der Waals surface area contributed by atoms with Crippen LogP contribution in [0.3, 0.4) is 0 Å². The van der Waals surface area contributed by atoms with Crippen LogP contribution >= 0.6 is 0 Å². The predicted molar refractivity (Wildman–Crippen MR) is 96.1 cm³/mol. The van der Waals surface area contributed by atoms with Crippen LogP contribution in [0.4, 0.5) is 11.4 Å². The molecule has 0 bridgehead atoms. The van der Waals surface area contributed by atoms with Crippen LogP contribution in [0.1, 0.15) is 18.1 Å². The van der Waals surface area contributed by atoms with Crippen molar-refractivity contribution in [3.63, 3.8) is 0 Å². The molecule has 0 radical (unpaired) electrons. The monoisotopic (exact) mass is 324 g/mol. The summed E-state index contributed by atoms with van der Waals surface area (Å²) in [5.41, 5.74) is 3.03. The van der Waals surface area contributed by atoms with Crippen molar-refractivity contribution in [3.8, 4) is 5.75 Å². The largest absolute Gasteiger partial charge is 0.496 e. The van der Waals surface area contributed by atoms with Gasteiger partial charge < -0.3 is 15.4 Å². The molecule has 0 aromatic heterocycles. The second kappa shape index (κ2) is 7.97. The first kappa shape index (κ1) is 17.3. The smallest absolute Gasteiger partial charge is 0.248 e. The number of benzene rings is 2. The quantitative estimate of drug-likeness (QED) is 0.826. The Hall–Kier alpha value is -3.08. The molecule has 0 unspecified atom stereocenters. The second-order valence-corrected chi connectivity index (χ2v) is 5.28. The van der Waals surface area contributed by atoms with Gasteiger partial charge in [0.15, 0.2) is 0 Å². The SMILES string of the molecule is COc1ccccc1/C=C/C(=O)Nc1ccc(C)c(NC(C)=O)c1. The Morgan fingerprint density at radius 1 is 1.08 bits per heavy atom. The number of nitrogens with one attached hydrogen (secondary N) is 2. The van der Waals surface area contributed by atoms with Crippen LogP contribution in [0.15, 0.2) is 48.5 Å². The standard InChI is InChI=1S/C19H20N2O3/c1-13-8-10-16(12-17(13)20-14(2)22)21-19(23)11-9-15-6-4-5-7-18(15)24-3/h4-12H,1-3H3,(H,20,22)(H,21,23)/b11-9+. The maximum absolute atomic E-state index is 12.1. The van der Waals surface area contributed by atoms with Gasteiger partial charge in [0.1, 0.15) is 5.75 Å². The van der Waals surface area contributed by atoms with Gasteiger partial charge in [-0.3, -0.25) is 9.59 Å². The number of carbonyl (C=O) groups excluding carboxylic acids is 2. The molecule has 2 amide bonds. The van der Waals surface area contributed by atoms with Crippen molar-refractivity contribution in [2.45, 2.75) is 13.8 Å². The van der Waals surface area contributed by atoms with E-state index in [1.807, 2.05) is 37.3 Å². The number of rotatable bonds is 5. The van der Waals surface area contributed by atoms with Crippen LogP contribution < -0.4 is 15.4 Å². The summed E-state index contributed by atoms with van der Waals surface area (Å²) in [6.45, 7) is 3.33. The molecule has 0 saturated heterocycles. The molecule has 5 nitrogen and oxygen atoms in total. The Balaban J connectivity index is 2.09. The number of anilines is 2. The van der Waals surface area contributed by atoms with Gasteiger partial charge >= 0.3 is 0 Å². The normalized spacial score (nSPS) is 10.5. The maximum atomic E-state index is 12.1. The molecule has 0 atom stereocenters. The van der Waals surface area contributed by atoms with E-state index < -0.39 is 0 Å². The highest BCUT2D eigenvalue weighted by molar-refractivity contribution is 6.02. The lowest BCUT2D eigenvalue weighted by molar-refractivity contribution is -0.114. The topological polar surface area (TPSA) is 67.4 Å². The number of ether oxygens (including phenoxy) is 1. The Morgan fingerprint density at radius 3 is 2.54 bits per heavy atom. The molecule has 0 aliphatic carbocycles. The molecule has 0 aliphatic heterocycles. The van der Waals surface area contributed by atoms with Crippen molar-refractivity contribution in [2.24, 2.45) is 0 Å². The van der Waals surface area contributed by atoms with Gasteiger partial charge in [0.05, 0.1) is 7.11 Å². The summed E-state index contributed by atoms with van der Waals surface area (Å²) in [5.74, 6) is 0.279. The number of para-hydroxylation sites is 1. The van der Waals surface area contributed by atoms with Gasteiger partial charge in [-0.25, -0.2) is 0 Å². The average Bonchev–Trinajstić information content (AvgIpc) is 2.56. The molecule has 0 saturated carbocycles. The van der Waals surface area contributed by atoms with Gasteiger partial charge in [-0.15, -0.1) is 0 Å². The fourth-order valence-electron chi connectivity index (χ4n) is 2.18. The summed E-state index contributed by atoms with van der Waals surface area (Å²) >= 11 is 0. The third-order valence-electron chi connectivity index (χ3n) is 3.37. The highest BCUT2D eigenvalue weighted by Gasteiger charge is 2.04. The molecule has 0 fully saturated rings. The number of methoxy groups -OCH3 is 1. The van der Waals surface area contributed by atoms with E-state index in [9.17, 15) is 9.59 Å². The predicted octanol–water partition coefficient (Wildman–Crippen LogP) is 3.61. The van der Waals surface area contributed by atoms with E-state index in [0.717, 1.165) is 11.1 Å². The highest BCUT2D eigenvalue weighted by Crippen LogP contribution is 2.21. The summed E-state index contributed by atoms with van der Waals surface area (Å²) in [4.78, 5) is 23.3. The van der Waals surface area contributed by atoms with Crippen LogP contribution in [0, 0.1) is 6.92 Å². The van der Waals surface area contributed by atoms with E-state index in [1.54, 1.807) is 25.3 Å². The molecular weight excluding hydrogens is 304 g/mol. The molecule has 2 rings (SSSR count). The van der Waals surface area contributed by atoms with Gasteiger partial charge in [-0.05, 0) is 36.8 Å². The summed E-state index contributed by atoms with van der Waals surface area (Å²) in [7, 11) is 1.59. The number of aryl methyl sites for hydroxylation is 1. The van der Waals surface area contributed by atoms with Crippen molar-refractivity contribution in [2.75, 3.05) is 17.7 Å². The molecule has 5 heteroatoms. The zero-order chi connectivity index (χ0) is 17.5. The lowest BCUT2D eigenvalue weighted by atomic mass is 10.1. The second-order valence-electron chi connectivity index (χ2n) is 5.28. The van der Waals surface area contributed by atoms with Crippen molar-refractivity contribution in [1.82, 2.24) is 0 Å². The molecule has 2 N–H and O–H groups in total. The minimum Gasteiger partial charge on any atom is -0.496 e. The highest BCUT2D eigenvalue weighted by atomic mass is 16.5. The number of hydrogen-bond acceptors (Lipinski definition) is 3. The van der Waals surface area contributed by atoms with E-state index in [-0.39, 0.29) is 11.8 Å². The van der Waals surface area contributed by atoms with Crippen LogP contribution in [0.5, 0.6) is 5.75 Å². The summed E-state index contributed by atoms with van der Waals surface area (Å²) < 4.78 is 5.24. The van der Waals surface area contributed by atoms with Gasteiger partial charge in [-0.2, -0.15) is 0 Å². The van der Waals surface area contributed by atoms with E-state index in [4.69, 9.17) is 4.74 Å². The Kier molecular flexibility index (Phi) is 5.73. The number of hydrogen-bond donors (Lipinski definition) is 2. The summed E-state index contributed by atoms with van der Waals surface area (Å²) in [6, 6.07) is 12.8. The van der Waals surface area contributed by atoms with Gasteiger partial charge in [0, 0.05) is 29.9 Å². The summed E-state index contributed by atoms with van der Waals surface area (Å²) in [6.07, 6.45) is 3.13. The maximum Gasteiger partial charge on any atom is 0.248 e. The number of carbonyl (C=O) groups is 2. The van der Waals surface area contributed by atoms with E-state index in [0.29, 0.717) is 17.1 Å². The van der Waals surface area contributed by atoms with Crippen molar-refractivity contribution in [3.05, 3.63) is 59.7 Å². The van der Waals surface area contributed by atoms with Crippen molar-refractivity contribution >= 4 is 29.3 Å². The molecule has 0 heterocycles. The Bertz CT molecular complexity index is 782. The zero-order valence-electron chi connectivity index (χ0n) is 13.9. The van der Waals surface area contributed by atoms with E-state index in [2.05, 4.69) is 10.6 Å². The average molecular weight is 324 g/mol. The minimum atomic E-state index is -0.265. The molecule has 2 aromatic rings. The molecular formula is C19H20N2O3. The van der Waals surface area contributed by atoms with Crippen molar-refractivity contribution < 1.29 is 14.3 Å². The minimum absolute atomic E-state index is 0.155. The molecule has 0 aliphatic rings. The van der Waals surface area contributed by atoms with Gasteiger partial charge in [0.2, 0.25) is 11.8 Å². The molecule has 24 heavy (non-hydrogen) atoms. The molecule has 0 spiro atoms. The fourth-order valence-corrected chi connectivity index (χ4v) is 2.18. The third kappa shape index (κ3) is 4.71. The third-order valence-corrected chi connectivity index (χ3v) is 3.37. The summed E-state index contributed by atoms with van der Waals surface area (Å²) in [5, 5.41) is 5.51. The first-order valence-corrected chi connectivity index (χ1v) is 7.50. The first-order valence-electron chi connectivity index (χ1n) is 7.50. The molecule has 124 valence electrons. The Labute approximate surface area is 141 Å².